The lowest BCUT2D eigenvalue weighted by Gasteiger charge is -2.31. The van der Waals surface area contributed by atoms with E-state index in [9.17, 15) is 23.1 Å². The molecule has 0 spiro atoms. The zero-order valence-corrected chi connectivity index (χ0v) is 15.4. The Balaban J connectivity index is 3.05. The molecule has 1 unspecified atom stereocenters. The summed E-state index contributed by atoms with van der Waals surface area (Å²) in [6.45, 7) is 2.09. The van der Waals surface area contributed by atoms with E-state index in [2.05, 4.69) is 12.2 Å². The van der Waals surface area contributed by atoms with Gasteiger partial charge in [0.1, 0.15) is 0 Å². The van der Waals surface area contributed by atoms with Gasteiger partial charge in [-0.15, -0.1) is 0 Å². The number of benzene rings is 1. The van der Waals surface area contributed by atoms with E-state index >= 15 is 0 Å². The van der Waals surface area contributed by atoms with E-state index in [-0.39, 0.29) is 6.42 Å². The lowest BCUT2D eigenvalue weighted by molar-refractivity contribution is -0.145. The van der Waals surface area contributed by atoms with Crippen LogP contribution in [-0.4, -0.2) is 31.8 Å². The Labute approximate surface area is 148 Å². The molecule has 3 N–H and O–H groups in total. The molecule has 0 saturated heterocycles. The molecule has 1 aromatic carbocycles. The van der Waals surface area contributed by atoms with E-state index in [1.165, 1.54) is 0 Å². The second kappa shape index (κ2) is 9.41. The largest absolute Gasteiger partial charge is 0.479 e. The molecule has 2 amide bonds. The molecule has 0 aromatic heterocycles. The van der Waals surface area contributed by atoms with Crippen LogP contribution in [0.15, 0.2) is 30.3 Å². The fraction of sp³-hybridized carbons (Fsp3) is 0.529. The van der Waals surface area contributed by atoms with Crippen LogP contribution in [0.2, 0.25) is 0 Å². The van der Waals surface area contributed by atoms with Crippen LogP contribution in [-0.2, 0) is 20.4 Å². The van der Waals surface area contributed by atoms with Crippen LogP contribution < -0.4 is 10.0 Å². The summed E-state index contributed by atoms with van der Waals surface area (Å²) in [5.41, 5.74) is -1.27. The normalized spacial score (nSPS) is 13.7. The van der Waals surface area contributed by atoms with Gasteiger partial charge in [0.2, 0.25) is 10.0 Å². The summed E-state index contributed by atoms with van der Waals surface area (Å²) >= 11 is 0. The Morgan fingerprint density at radius 2 is 1.68 bits per heavy atom. The zero-order valence-electron chi connectivity index (χ0n) is 14.6. The summed E-state index contributed by atoms with van der Waals surface area (Å²) in [6, 6.07) is 7.28. The summed E-state index contributed by atoms with van der Waals surface area (Å²) < 4.78 is 24.3. The summed E-state index contributed by atoms with van der Waals surface area (Å²) in [5, 5.41) is 12.2. The van der Waals surface area contributed by atoms with Crippen LogP contribution in [0, 0.1) is 0 Å². The first-order valence-corrected chi connectivity index (χ1v) is 10.2. The Bertz CT molecular complexity index is 676. The first-order valence-electron chi connectivity index (χ1n) is 8.30. The molecule has 1 aromatic rings. The molecule has 0 saturated carbocycles. The molecule has 0 aliphatic heterocycles. The van der Waals surface area contributed by atoms with E-state index < -0.39 is 27.6 Å². The number of carboxylic acids is 1. The Hall–Kier alpha value is -2.09. The number of urea groups is 1. The summed E-state index contributed by atoms with van der Waals surface area (Å²) in [5.74, 6) is -1.22. The van der Waals surface area contributed by atoms with Crippen molar-refractivity contribution in [3.8, 4) is 0 Å². The highest BCUT2D eigenvalue weighted by molar-refractivity contribution is 7.89. The van der Waals surface area contributed by atoms with Crippen molar-refractivity contribution in [3.63, 3.8) is 0 Å². The highest BCUT2D eigenvalue weighted by Crippen LogP contribution is 2.28. The fourth-order valence-electron chi connectivity index (χ4n) is 2.67. The van der Waals surface area contributed by atoms with Crippen LogP contribution in [0.1, 0.15) is 51.0 Å². The molecule has 0 radical (unpaired) electrons. The lowest BCUT2D eigenvalue weighted by atomic mass is 9.84. The molecule has 25 heavy (non-hydrogen) atoms. The number of hydrogen-bond acceptors (Lipinski definition) is 4. The number of hydrogen-bond donors (Lipinski definition) is 3. The van der Waals surface area contributed by atoms with Gasteiger partial charge >= 0.3 is 12.0 Å². The first kappa shape index (κ1) is 21.0. The number of carbonyl (C=O) groups is 2. The van der Waals surface area contributed by atoms with Gasteiger partial charge in [0.05, 0.1) is 6.26 Å². The maximum absolute atomic E-state index is 12.1. The summed E-state index contributed by atoms with van der Waals surface area (Å²) in [4.78, 5) is 24.1. The standard InChI is InChI=1S/C17H26N2O5S/c1-3-4-5-6-10-13-17(15(20)21,14-11-8-7-9-12-14)18-16(22)19-25(2,23)24/h7-9,11-12H,3-6,10,13H2,1-2H3,(H,20,21)(H2,18,19,22). The van der Waals surface area contributed by atoms with E-state index in [0.717, 1.165) is 31.9 Å². The smallest absolute Gasteiger partial charge is 0.334 e. The Morgan fingerprint density at radius 3 is 2.20 bits per heavy atom. The van der Waals surface area contributed by atoms with Crippen molar-refractivity contribution in [2.24, 2.45) is 0 Å². The quantitative estimate of drug-likeness (QED) is 0.548. The first-order chi connectivity index (χ1) is 11.7. The molecule has 0 aliphatic rings. The van der Waals surface area contributed by atoms with Crippen LogP contribution in [0.4, 0.5) is 4.79 Å². The van der Waals surface area contributed by atoms with Gasteiger partial charge in [-0.3, -0.25) is 0 Å². The molecule has 140 valence electrons. The average Bonchev–Trinajstić information content (AvgIpc) is 2.52. The predicted molar refractivity (Wildman–Crippen MR) is 95.6 cm³/mol. The van der Waals surface area contributed by atoms with Gasteiger partial charge in [-0.05, 0) is 12.0 Å². The molecule has 1 rings (SSSR count). The van der Waals surface area contributed by atoms with Gasteiger partial charge in [-0.2, -0.15) is 0 Å². The van der Waals surface area contributed by atoms with Crippen molar-refractivity contribution in [1.29, 1.82) is 0 Å². The van der Waals surface area contributed by atoms with Gasteiger partial charge in [0.25, 0.3) is 0 Å². The fourth-order valence-corrected chi connectivity index (χ4v) is 3.05. The van der Waals surface area contributed by atoms with E-state index in [4.69, 9.17) is 0 Å². The topological polar surface area (TPSA) is 113 Å². The summed E-state index contributed by atoms with van der Waals surface area (Å²) in [6.07, 6.45) is 5.56. The third-order valence-corrected chi connectivity index (χ3v) is 4.45. The van der Waals surface area contributed by atoms with Crippen molar-refractivity contribution in [2.45, 2.75) is 51.0 Å². The van der Waals surface area contributed by atoms with Gasteiger partial charge < -0.3 is 10.4 Å². The number of nitrogens with one attached hydrogen (secondary N) is 2. The number of aliphatic carboxylic acids is 1. The third kappa shape index (κ3) is 6.74. The van der Waals surface area contributed by atoms with Crippen LogP contribution in [0.3, 0.4) is 0 Å². The zero-order chi connectivity index (χ0) is 18.9. The minimum absolute atomic E-state index is 0.174. The van der Waals surface area contributed by atoms with Gasteiger partial charge in [-0.25, -0.2) is 22.7 Å². The van der Waals surface area contributed by atoms with Crippen LogP contribution in [0.5, 0.6) is 0 Å². The average molecular weight is 370 g/mol. The predicted octanol–water partition coefficient (Wildman–Crippen LogP) is 2.59. The minimum atomic E-state index is -3.79. The van der Waals surface area contributed by atoms with Crippen molar-refractivity contribution in [1.82, 2.24) is 10.0 Å². The van der Waals surface area contributed by atoms with Crippen molar-refractivity contribution < 1.29 is 23.1 Å². The maximum Gasteiger partial charge on any atom is 0.334 e. The number of sulfonamides is 1. The molecule has 0 fully saturated rings. The molecular formula is C17H26N2O5S. The Morgan fingerprint density at radius 1 is 1.08 bits per heavy atom. The van der Waals surface area contributed by atoms with Crippen molar-refractivity contribution in [3.05, 3.63) is 35.9 Å². The SMILES string of the molecule is CCCCCCCC(NC(=O)NS(C)(=O)=O)(C(=O)O)c1ccccc1. The second-order valence-electron chi connectivity index (χ2n) is 6.07. The van der Waals surface area contributed by atoms with Gasteiger partial charge in [-0.1, -0.05) is 69.4 Å². The number of unbranched alkanes of at least 4 members (excludes halogenated alkanes) is 4. The maximum atomic E-state index is 12.1. The molecule has 0 aliphatic carbocycles. The van der Waals surface area contributed by atoms with E-state index in [0.29, 0.717) is 12.0 Å². The monoisotopic (exact) mass is 370 g/mol. The number of carboxylic acid groups (broad SMARTS) is 1. The van der Waals surface area contributed by atoms with Crippen molar-refractivity contribution in [2.75, 3.05) is 6.26 Å². The minimum Gasteiger partial charge on any atom is -0.479 e. The highest BCUT2D eigenvalue weighted by atomic mass is 32.2. The van der Waals surface area contributed by atoms with Crippen LogP contribution >= 0.6 is 0 Å². The number of carbonyl (C=O) groups excluding carboxylic acids is 1. The number of rotatable bonds is 10. The van der Waals surface area contributed by atoms with E-state index in [1.54, 1.807) is 35.1 Å². The van der Waals surface area contributed by atoms with Gasteiger partial charge in [0.15, 0.2) is 5.54 Å². The molecular weight excluding hydrogens is 344 g/mol. The third-order valence-electron chi connectivity index (χ3n) is 3.89. The van der Waals surface area contributed by atoms with Crippen molar-refractivity contribution >= 4 is 22.0 Å². The lowest BCUT2D eigenvalue weighted by Crippen LogP contribution is -2.55. The molecule has 7 nitrogen and oxygen atoms in total. The number of amides is 2. The van der Waals surface area contributed by atoms with Crippen LogP contribution in [0.25, 0.3) is 0 Å². The highest BCUT2D eigenvalue weighted by Gasteiger charge is 2.41. The second-order valence-corrected chi connectivity index (χ2v) is 7.82. The Kier molecular flexibility index (Phi) is 7.89. The van der Waals surface area contributed by atoms with Gasteiger partial charge in [0, 0.05) is 0 Å². The molecule has 8 heteroatoms. The molecule has 0 bridgehead atoms. The molecule has 0 heterocycles. The molecule has 1 atom stereocenters. The summed E-state index contributed by atoms with van der Waals surface area (Å²) in [7, 11) is -3.79. The van der Waals surface area contributed by atoms with E-state index in [1.807, 2.05) is 0 Å².